The Kier molecular flexibility index (Phi) is 4.76. The maximum absolute atomic E-state index is 5.55. The van der Waals surface area contributed by atoms with E-state index in [0.717, 1.165) is 25.2 Å². The van der Waals surface area contributed by atoms with E-state index >= 15 is 0 Å². The van der Waals surface area contributed by atoms with Crippen LogP contribution in [0.2, 0.25) is 0 Å². The Morgan fingerprint density at radius 1 is 1.16 bits per heavy atom. The number of ether oxygens (including phenoxy) is 1. The molecule has 2 atom stereocenters. The molecule has 2 saturated heterocycles. The number of benzene rings is 1. The predicted octanol–water partition coefficient (Wildman–Crippen LogP) is 3.03. The van der Waals surface area contributed by atoms with Crippen molar-refractivity contribution in [1.29, 1.82) is 0 Å². The van der Waals surface area contributed by atoms with E-state index < -0.39 is 0 Å². The molecule has 134 valence electrons. The fourth-order valence-electron chi connectivity index (χ4n) is 4.82. The fraction of sp³-hybridized carbons (Fsp3) is 0.571. The van der Waals surface area contributed by atoms with Crippen LogP contribution in [0.25, 0.3) is 10.9 Å². The number of pyridine rings is 1. The van der Waals surface area contributed by atoms with E-state index in [1.807, 2.05) is 7.11 Å². The van der Waals surface area contributed by atoms with Gasteiger partial charge in [0, 0.05) is 50.0 Å². The normalized spacial score (nSPS) is 27.7. The van der Waals surface area contributed by atoms with E-state index in [4.69, 9.17) is 9.72 Å². The largest absolute Gasteiger partial charge is 0.384 e. The molecule has 1 spiro atoms. The highest BCUT2D eigenvalue weighted by atomic mass is 16.5. The number of para-hydroxylation sites is 1. The van der Waals surface area contributed by atoms with Crippen LogP contribution in [0, 0.1) is 11.3 Å². The van der Waals surface area contributed by atoms with Gasteiger partial charge in [-0.05, 0) is 31.6 Å². The Morgan fingerprint density at radius 3 is 2.84 bits per heavy atom. The van der Waals surface area contributed by atoms with Gasteiger partial charge < -0.3 is 9.64 Å². The van der Waals surface area contributed by atoms with Crippen molar-refractivity contribution < 1.29 is 4.74 Å². The second kappa shape index (κ2) is 7.02. The monoisotopic (exact) mass is 339 g/mol. The van der Waals surface area contributed by atoms with Gasteiger partial charge >= 0.3 is 0 Å². The zero-order valence-electron chi connectivity index (χ0n) is 15.4. The smallest absolute Gasteiger partial charge is 0.0705 e. The van der Waals surface area contributed by atoms with Gasteiger partial charge in [0.05, 0.1) is 17.8 Å². The number of hydrogen-bond acceptors (Lipinski definition) is 4. The molecule has 2 aromatic rings. The summed E-state index contributed by atoms with van der Waals surface area (Å²) < 4.78 is 5.55. The summed E-state index contributed by atoms with van der Waals surface area (Å²) in [7, 11) is 1.84. The molecule has 25 heavy (non-hydrogen) atoms. The molecule has 0 radical (unpaired) electrons. The van der Waals surface area contributed by atoms with E-state index in [2.05, 4.69) is 53.1 Å². The molecule has 2 aliphatic rings. The molecule has 4 nitrogen and oxygen atoms in total. The molecule has 0 amide bonds. The van der Waals surface area contributed by atoms with E-state index in [9.17, 15) is 0 Å². The lowest BCUT2D eigenvalue weighted by Crippen LogP contribution is -2.36. The molecule has 4 heteroatoms. The number of methoxy groups -OCH3 is 1. The quantitative estimate of drug-likeness (QED) is 0.837. The summed E-state index contributed by atoms with van der Waals surface area (Å²) in [4.78, 5) is 10.1. The van der Waals surface area contributed by atoms with Crippen LogP contribution in [0.5, 0.6) is 0 Å². The predicted molar refractivity (Wildman–Crippen MR) is 102 cm³/mol. The Morgan fingerprint density at radius 2 is 2.00 bits per heavy atom. The average Bonchev–Trinajstić information content (AvgIpc) is 3.19. The zero-order chi connectivity index (χ0) is 17.3. The molecule has 0 aliphatic carbocycles. The van der Waals surface area contributed by atoms with Gasteiger partial charge in [-0.25, -0.2) is 0 Å². The van der Waals surface area contributed by atoms with Gasteiger partial charge in [-0.1, -0.05) is 31.2 Å². The van der Waals surface area contributed by atoms with Crippen molar-refractivity contribution in [2.24, 2.45) is 11.3 Å². The molecule has 0 bridgehead atoms. The van der Waals surface area contributed by atoms with Crippen LogP contribution in [0.4, 0.5) is 0 Å². The first kappa shape index (κ1) is 17.0. The molecule has 4 rings (SSSR count). The highest BCUT2D eigenvalue weighted by Gasteiger charge is 2.49. The maximum atomic E-state index is 5.55. The van der Waals surface area contributed by atoms with Gasteiger partial charge in [0.25, 0.3) is 0 Å². The van der Waals surface area contributed by atoms with Crippen molar-refractivity contribution in [3.8, 4) is 0 Å². The van der Waals surface area contributed by atoms with Crippen molar-refractivity contribution in [3.63, 3.8) is 0 Å². The lowest BCUT2D eigenvalue weighted by Gasteiger charge is -2.30. The third kappa shape index (κ3) is 3.31. The van der Waals surface area contributed by atoms with E-state index in [0.29, 0.717) is 11.3 Å². The van der Waals surface area contributed by atoms with Gasteiger partial charge in [-0.3, -0.25) is 9.88 Å². The number of nitrogens with zero attached hydrogens (tertiary/aromatic N) is 3. The van der Waals surface area contributed by atoms with Crippen LogP contribution in [0.15, 0.2) is 36.4 Å². The summed E-state index contributed by atoms with van der Waals surface area (Å²) in [6, 6.07) is 12.8. The van der Waals surface area contributed by atoms with E-state index in [-0.39, 0.29) is 0 Å². The van der Waals surface area contributed by atoms with Gasteiger partial charge in [-0.15, -0.1) is 0 Å². The van der Waals surface area contributed by atoms with Crippen molar-refractivity contribution in [2.75, 3.05) is 46.4 Å². The molecule has 1 aromatic carbocycles. The number of fused-ring (bicyclic) bond motifs is 1. The Hall–Kier alpha value is -1.49. The summed E-state index contributed by atoms with van der Waals surface area (Å²) in [5.41, 5.74) is 2.69. The standard InChI is InChI=1S/C21H29N3O/c1-3-23-12-18(14-25-2)21(15-23)10-11-24(16-21)13-19-9-8-17-6-4-5-7-20(17)22-19/h4-9,18H,3,10-16H2,1-2H3/t18-,21-/m0/s1. The molecule has 0 unspecified atom stereocenters. The first-order chi connectivity index (χ1) is 12.2. The first-order valence-electron chi connectivity index (χ1n) is 9.51. The minimum Gasteiger partial charge on any atom is -0.384 e. The molecular formula is C21H29N3O. The summed E-state index contributed by atoms with van der Waals surface area (Å²) in [5.74, 6) is 0.659. The van der Waals surface area contributed by atoms with Gasteiger partial charge in [0.2, 0.25) is 0 Å². The lowest BCUT2D eigenvalue weighted by molar-refractivity contribution is 0.0958. The van der Waals surface area contributed by atoms with Crippen LogP contribution in [0.1, 0.15) is 19.0 Å². The third-order valence-electron chi connectivity index (χ3n) is 6.20. The minimum atomic E-state index is 0.406. The molecule has 0 saturated carbocycles. The summed E-state index contributed by atoms with van der Waals surface area (Å²) in [5, 5.41) is 1.22. The molecule has 0 N–H and O–H groups in total. The average molecular weight is 339 g/mol. The van der Waals surface area contributed by atoms with Crippen LogP contribution in [-0.2, 0) is 11.3 Å². The van der Waals surface area contributed by atoms with Gasteiger partial charge in [-0.2, -0.15) is 0 Å². The lowest BCUT2D eigenvalue weighted by atomic mass is 9.77. The van der Waals surface area contributed by atoms with Crippen LogP contribution in [0.3, 0.4) is 0 Å². The molecule has 1 aromatic heterocycles. The van der Waals surface area contributed by atoms with E-state index in [1.54, 1.807) is 0 Å². The first-order valence-corrected chi connectivity index (χ1v) is 9.51. The SMILES string of the molecule is CCN1C[C@@H](COC)[C@@]2(CCN(Cc3ccc4ccccc4n3)C2)C1. The van der Waals surface area contributed by atoms with Crippen molar-refractivity contribution in [2.45, 2.75) is 19.9 Å². The topological polar surface area (TPSA) is 28.6 Å². The second-order valence-electron chi connectivity index (χ2n) is 7.80. The number of rotatable bonds is 5. The highest BCUT2D eigenvalue weighted by Crippen LogP contribution is 2.44. The van der Waals surface area contributed by atoms with Crippen LogP contribution >= 0.6 is 0 Å². The molecular weight excluding hydrogens is 310 g/mol. The Bertz CT molecular complexity index is 734. The molecule has 3 heterocycles. The van der Waals surface area contributed by atoms with Crippen molar-refractivity contribution in [3.05, 3.63) is 42.1 Å². The molecule has 2 fully saturated rings. The van der Waals surface area contributed by atoms with Gasteiger partial charge in [0.15, 0.2) is 0 Å². The summed E-state index contributed by atoms with van der Waals surface area (Å²) in [6.07, 6.45) is 1.28. The number of likely N-dealkylation sites (tertiary alicyclic amines) is 2. The van der Waals surface area contributed by atoms with Crippen molar-refractivity contribution in [1.82, 2.24) is 14.8 Å². The third-order valence-corrected chi connectivity index (χ3v) is 6.20. The van der Waals surface area contributed by atoms with Crippen molar-refractivity contribution >= 4 is 10.9 Å². The van der Waals surface area contributed by atoms with Crippen LogP contribution < -0.4 is 0 Å². The highest BCUT2D eigenvalue weighted by molar-refractivity contribution is 5.78. The van der Waals surface area contributed by atoms with Gasteiger partial charge in [0.1, 0.15) is 0 Å². The second-order valence-corrected chi connectivity index (χ2v) is 7.80. The zero-order valence-corrected chi connectivity index (χ0v) is 15.4. The molecule has 2 aliphatic heterocycles. The Balaban J connectivity index is 1.47. The summed E-state index contributed by atoms with van der Waals surface area (Å²) >= 11 is 0. The fourth-order valence-corrected chi connectivity index (χ4v) is 4.82. The Labute approximate surface area is 150 Å². The number of hydrogen-bond donors (Lipinski definition) is 0. The maximum Gasteiger partial charge on any atom is 0.0705 e. The minimum absolute atomic E-state index is 0.406. The van der Waals surface area contributed by atoms with E-state index in [1.165, 1.54) is 43.7 Å². The summed E-state index contributed by atoms with van der Waals surface area (Å²) in [6.45, 7) is 10.0. The van der Waals surface area contributed by atoms with Crippen LogP contribution in [-0.4, -0.2) is 61.2 Å². The number of aromatic nitrogens is 1.